The molecule has 2 heterocycles. The topological polar surface area (TPSA) is 42.7 Å². The van der Waals surface area contributed by atoms with Gasteiger partial charge < -0.3 is 5.32 Å². The van der Waals surface area contributed by atoms with E-state index < -0.39 is 0 Å². The van der Waals surface area contributed by atoms with E-state index in [1.54, 1.807) is 11.3 Å². The first-order valence-corrected chi connectivity index (χ1v) is 8.00. The Labute approximate surface area is 129 Å². The van der Waals surface area contributed by atoms with Crippen LogP contribution in [0.4, 0.5) is 0 Å². The molecular formula is C14H21ClN4S. The molecule has 0 aliphatic carbocycles. The molecule has 1 atom stereocenters. The summed E-state index contributed by atoms with van der Waals surface area (Å²) >= 11 is 8.15. The molecule has 0 aliphatic rings. The van der Waals surface area contributed by atoms with Crippen LogP contribution in [0.25, 0.3) is 0 Å². The summed E-state index contributed by atoms with van der Waals surface area (Å²) in [5, 5.41) is 9.75. The highest BCUT2D eigenvalue weighted by atomic mass is 35.5. The minimum absolute atomic E-state index is 0.222. The van der Waals surface area contributed by atoms with Crippen molar-refractivity contribution < 1.29 is 0 Å². The van der Waals surface area contributed by atoms with Gasteiger partial charge in [0.2, 0.25) is 0 Å². The summed E-state index contributed by atoms with van der Waals surface area (Å²) in [7, 11) is 1.98. The molecule has 2 rings (SSSR count). The van der Waals surface area contributed by atoms with Gasteiger partial charge in [-0.2, -0.15) is 5.10 Å². The van der Waals surface area contributed by atoms with Gasteiger partial charge in [-0.3, -0.25) is 4.68 Å². The van der Waals surface area contributed by atoms with Gasteiger partial charge in [0, 0.05) is 23.9 Å². The molecule has 2 aromatic heterocycles. The Bertz CT molecular complexity index is 603. The molecule has 1 N–H and O–H groups in total. The molecule has 20 heavy (non-hydrogen) atoms. The van der Waals surface area contributed by atoms with Crippen molar-refractivity contribution in [1.29, 1.82) is 0 Å². The molecule has 0 fully saturated rings. The minimum Gasteiger partial charge on any atom is -0.312 e. The average Bonchev–Trinajstić information content (AvgIpc) is 2.88. The predicted molar refractivity (Wildman–Crippen MR) is 84.7 cm³/mol. The fourth-order valence-corrected chi connectivity index (χ4v) is 3.70. The van der Waals surface area contributed by atoms with E-state index >= 15 is 0 Å². The zero-order valence-corrected chi connectivity index (χ0v) is 14.2. The van der Waals surface area contributed by atoms with Crippen LogP contribution in [-0.4, -0.2) is 21.8 Å². The maximum Gasteiger partial charge on any atom is 0.0900 e. The van der Waals surface area contributed by atoms with E-state index in [0.29, 0.717) is 0 Å². The smallest absolute Gasteiger partial charge is 0.0900 e. The van der Waals surface area contributed by atoms with Crippen LogP contribution < -0.4 is 5.32 Å². The van der Waals surface area contributed by atoms with Crippen LogP contribution in [0.2, 0.25) is 5.02 Å². The number of thiazole rings is 1. The van der Waals surface area contributed by atoms with Crippen LogP contribution >= 0.6 is 22.9 Å². The maximum absolute atomic E-state index is 6.40. The van der Waals surface area contributed by atoms with Crippen molar-refractivity contribution in [1.82, 2.24) is 20.1 Å². The number of hydrogen-bond acceptors (Lipinski definition) is 4. The summed E-state index contributed by atoms with van der Waals surface area (Å²) < 4.78 is 1.99. The lowest BCUT2D eigenvalue weighted by atomic mass is 10.1. The molecule has 0 saturated heterocycles. The number of rotatable bonds is 5. The Morgan fingerprint density at radius 3 is 2.50 bits per heavy atom. The number of aromatic nitrogens is 3. The predicted octanol–water partition coefficient (Wildman–Crippen LogP) is 3.44. The monoisotopic (exact) mass is 312 g/mol. The molecule has 0 radical (unpaired) electrons. The number of hydrogen-bond donors (Lipinski definition) is 1. The van der Waals surface area contributed by atoms with E-state index in [1.807, 2.05) is 25.6 Å². The summed E-state index contributed by atoms with van der Waals surface area (Å²) in [5.74, 6) is 0. The SMILES string of the molecule is CCn1nc(C)c(Cl)c1CC(NC)c1sc(C)nc1C. The number of halogens is 1. The lowest BCUT2D eigenvalue weighted by Gasteiger charge is -2.16. The summed E-state index contributed by atoms with van der Waals surface area (Å²) in [6.07, 6.45) is 0.826. The quantitative estimate of drug-likeness (QED) is 0.919. The second kappa shape index (κ2) is 6.24. The normalized spacial score (nSPS) is 12.9. The first-order chi connectivity index (χ1) is 9.47. The molecule has 0 bridgehead atoms. The van der Waals surface area contributed by atoms with Gasteiger partial charge in [0.25, 0.3) is 0 Å². The van der Waals surface area contributed by atoms with Gasteiger partial charge in [-0.1, -0.05) is 11.6 Å². The Morgan fingerprint density at radius 2 is 2.00 bits per heavy atom. The molecule has 0 spiro atoms. The van der Waals surface area contributed by atoms with Gasteiger partial charge in [-0.25, -0.2) is 4.98 Å². The van der Waals surface area contributed by atoms with E-state index in [2.05, 4.69) is 29.2 Å². The first kappa shape index (κ1) is 15.5. The molecule has 2 aromatic rings. The maximum atomic E-state index is 6.40. The Hall–Kier alpha value is -0.910. The molecule has 110 valence electrons. The molecule has 0 amide bonds. The van der Waals surface area contributed by atoms with Crippen molar-refractivity contribution in [3.63, 3.8) is 0 Å². The Balaban J connectivity index is 2.34. The number of nitrogens with one attached hydrogen (secondary N) is 1. The second-order valence-electron chi connectivity index (χ2n) is 4.89. The number of likely N-dealkylation sites (N-methyl/N-ethyl adjacent to an activating group) is 1. The van der Waals surface area contributed by atoms with Gasteiger partial charge in [0.15, 0.2) is 0 Å². The van der Waals surface area contributed by atoms with E-state index in [-0.39, 0.29) is 6.04 Å². The zero-order chi connectivity index (χ0) is 14.9. The van der Waals surface area contributed by atoms with Crippen LogP contribution in [0.1, 0.15) is 39.9 Å². The van der Waals surface area contributed by atoms with Gasteiger partial charge in [0.1, 0.15) is 0 Å². The highest BCUT2D eigenvalue weighted by molar-refractivity contribution is 7.11. The fourth-order valence-electron chi connectivity index (χ4n) is 2.45. The number of nitrogens with zero attached hydrogens (tertiary/aromatic N) is 3. The van der Waals surface area contributed by atoms with Crippen LogP contribution in [-0.2, 0) is 13.0 Å². The highest BCUT2D eigenvalue weighted by Crippen LogP contribution is 2.30. The zero-order valence-electron chi connectivity index (χ0n) is 12.6. The molecule has 0 saturated carbocycles. The lowest BCUT2D eigenvalue weighted by molar-refractivity contribution is 0.544. The third kappa shape index (κ3) is 2.90. The standard InChI is InChI=1S/C14H21ClN4S/c1-6-19-12(13(15)8(2)18-19)7-11(16-5)14-9(3)17-10(4)20-14/h11,16H,6-7H2,1-5H3. The van der Waals surface area contributed by atoms with Gasteiger partial charge in [-0.05, 0) is 34.7 Å². The molecule has 0 aliphatic heterocycles. The van der Waals surface area contributed by atoms with Crippen molar-refractivity contribution in [3.05, 3.63) is 32.0 Å². The average molecular weight is 313 g/mol. The summed E-state index contributed by atoms with van der Waals surface area (Å²) in [5.41, 5.74) is 3.09. The van der Waals surface area contributed by atoms with Crippen molar-refractivity contribution in [3.8, 4) is 0 Å². The van der Waals surface area contributed by atoms with Crippen LogP contribution in [0.5, 0.6) is 0 Å². The molecule has 0 aromatic carbocycles. The van der Waals surface area contributed by atoms with Gasteiger partial charge >= 0.3 is 0 Å². The third-order valence-corrected chi connectivity index (χ3v) is 5.13. The Morgan fingerprint density at radius 1 is 1.30 bits per heavy atom. The molecule has 1 unspecified atom stereocenters. The van der Waals surface area contributed by atoms with Crippen molar-refractivity contribution in [2.45, 2.75) is 46.7 Å². The molecular weight excluding hydrogens is 292 g/mol. The van der Waals surface area contributed by atoms with Crippen molar-refractivity contribution in [2.75, 3.05) is 7.05 Å². The van der Waals surface area contributed by atoms with E-state index in [0.717, 1.165) is 40.1 Å². The fraction of sp³-hybridized carbons (Fsp3) is 0.571. The van der Waals surface area contributed by atoms with Gasteiger partial charge in [-0.15, -0.1) is 11.3 Å². The van der Waals surface area contributed by atoms with Crippen LogP contribution in [0.15, 0.2) is 0 Å². The van der Waals surface area contributed by atoms with E-state index in [1.165, 1.54) is 4.88 Å². The van der Waals surface area contributed by atoms with Crippen LogP contribution in [0.3, 0.4) is 0 Å². The molecule has 6 heteroatoms. The third-order valence-electron chi connectivity index (χ3n) is 3.45. The summed E-state index contributed by atoms with van der Waals surface area (Å²) in [4.78, 5) is 5.80. The second-order valence-corrected chi connectivity index (χ2v) is 6.50. The summed E-state index contributed by atoms with van der Waals surface area (Å²) in [6.45, 7) is 8.98. The first-order valence-electron chi connectivity index (χ1n) is 6.80. The largest absolute Gasteiger partial charge is 0.312 e. The highest BCUT2D eigenvalue weighted by Gasteiger charge is 2.21. The number of aryl methyl sites for hydroxylation is 4. The van der Waals surface area contributed by atoms with Crippen LogP contribution in [0, 0.1) is 20.8 Å². The lowest BCUT2D eigenvalue weighted by Crippen LogP contribution is -2.20. The minimum atomic E-state index is 0.222. The van der Waals surface area contributed by atoms with E-state index in [9.17, 15) is 0 Å². The molecule has 4 nitrogen and oxygen atoms in total. The summed E-state index contributed by atoms with van der Waals surface area (Å²) in [6, 6.07) is 0.222. The van der Waals surface area contributed by atoms with E-state index in [4.69, 9.17) is 11.6 Å². The van der Waals surface area contributed by atoms with Gasteiger partial charge in [0.05, 0.1) is 27.1 Å². The van der Waals surface area contributed by atoms with Crippen molar-refractivity contribution in [2.24, 2.45) is 0 Å². The Kier molecular flexibility index (Phi) is 4.83. The van der Waals surface area contributed by atoms with Crippen molar-refractivity contribution >= 4 is 22.9 Å².